The van der Waals surface area contributed by atoms with Crippen LogP contribution in [0.5, 0.6) is 11.5 Å². The van der Waals surface area contributed by atoms with Gasteiger partial charge in [-0.2, -0.15) is 4.98 Å². The first-order valence-electron chi connectivity index (χ1n) is 13.7. The number of fused-ring (bicyclic) bond motifs is 1. The first-order valence-corrected chi connectivity index (χ1v) is 14.1. The molecule has 0 atom stereocenters. The molecule has 2 saturated heterocycles. The van der Waals surface area contributed by atoms with Gasteiger partial charge in [0.15, 0.2) is 0 Å². The maximum absolute atomic E-state index is 14.1. The molecule has 1 amide bonds. The molecule has 12 heteroatoms. The van der Waals surface area contributed by atoms with Crippen LogP contribution in [0.1, 0.15) is 12.8 Å². The summed E-state index contributed by atoms with van der Waals surface area (Å²) in [5, 5.41) is 7.28. The van der Waals surface area contributed by atoms with Crippen molar-refractivity contribution < 1.29 is 19.0 Å². The van der Waals surface area contributed by atoms with Gasteiger partial charge in [-0.25, -0.2) is 4.98 Å². The molecule has 0 unspecified atom stereocenters. The predicted molar refractivity (Wildman–Crippen MR) is 158 cm³/mol. The smallest absolute Gasteiger partial charge is 0.260 e. The Bertz CT molecular complexity index is 1480. The SMILES string of the molecule is C=CC(=O)NC1CCN(CCn2c(=O)c(-c3cc(OC)cc(OC)c3Cl)cc3cnc(NCC4COC4)nc32)CC1. The van der Waals surface area contributed by atoms with Crippen LogP contribution in [-0.2, 0) is 16.1 Å². The Kier molecular flexibility index (Phi) is 9.06. The maximum Gasteiger partial charge on any atom is 0.260 e. The average molecular weight is 583 g/mol. The minimum atomic E-state index is -0.222. The van der Waals surface area contributed by atoms with Gasteiger partial charge >= 0.3 is 0 Å². The number of aromatic nitrogens is 3. The van der Waals surface area contributed by atoms with E-state index in [9.17, 15) is 9.59 Å². The fourth-order valence-electron chi connectivity index (χ4n) is 5.12. The van der Waals surface area contributed by atoms with E-state index >= 15 is 0 Å². The average Bonchev–Trinajstić information content (AvgIpc) is 2.96. The molecule has 2 fully saturated rings. The lowest BCUT2D eigenvalue weighted by atomic mass is 10.0. The third-order valence-electron chi connectivity index (χ3n) is 7.60. The van der Waals surface area contributed by atoms with Crippen LogP contribution >= 0.6 is 11.6 Å². The fourth-order valence-corrected chi connectivity index (χ4v) is 5.41. The topological polar surface area (TPSA) is 120 Å². The number of hydrogen-bond donors (Lipinski definition) is 2. The Morgan fingerprint density at radius 3 is 2.61 bits per heavy atom. The molecule has 0 radical (unpaired) electrons. The van der Waals surface area contributed by atoms with Crippen LogP contribution < -0.4 is 25.7 Å². The van der Waals surface area contributed by atoms with E-state index in [1.165, 1.54) is 13.2 Å². The highest BCUT2D eigenvalue weighted by atomic mass is 35.5. The minimum Gasteiger partial charge on any atom is -0.497 e. The lowest BCUT2D eigenvalue weighted by Crippen LogP contribution is -2.45. The van der Waals surface area contributed by atoms with Gasteiger partial charge in [-0.15, -0.1) is 0 Å². The van der Waals surface area contributed by atoms with Crippen LogP contribution in [0.4, 0.5) is 5.95 Å². The van der Waals surface area contributed by atoms with E-state index < -0.39 is 0 Å². The zero-order valence-corrected chi connectivity index (χ0v) is 24.1. The van der Waals surface area contributed by atoms with Gasteiger partial charge in [0.05, 0.1) is 32.5 Å². The van der Waals surface area contributed by atoms with Crippen LogP contribution in [0.3, 0.4) is 0 Å². The van der Waals surface area contributed by atoms with Crippen molar-refractivity contribution in [3.63, 3.8) is 0 Å². The number of rotatable bonds is 11. The molecule has 1 aromatic carbocycles. The first-order chi connectivity index (χ1) is 19.9. The molecule has 0 bridgehead atoms. The highest BCUT2D eigenvalue weighted by Gasteiger charge is 2.23. The number of hydrogen-bond acceptors (Lipinski definition) is 9. The molecule has 3 aromatic rings. The number of piperidine rings is 1. The number of likely N-dealkylation sites (tertiary alicyclic amines) is 1. The number of carbonyl (C=O) groups excluding carboxylic acids is 1. The Morgan fingerprint density at radius 1 is 1.17 bits per heavy atom. The van der Waals surface area contributed by atoms with E-state index in [-0.39, 0.29) is 17.5 Å². The van der Waals surface area contributed by atoms with Gasteiger partial charge in [-0.1, -0.05) is 18.2 Å². The Balaban J connectivity index is 1.47. The lowest BCUT2D eigenvalue weighted by molar-refractivity contribution is -0.117. The highest BCUT2D eigenvalue weighted by molar-refractivity contribution is 6.35. The molecule has 0 spiro atoms. The van der Waals surface area contributed by atoms with Gasteiger partial charge in [-0.05, 0) is 31.1 Å². The quantitative estimate of drug-likeness (QED) is 0.329. The van der Waals surface area contributed by atoms with Crippen molar-refractivity contribution in [1.82, 2.24) is 24.8 Å². The molecule has 0 saturated carbocycles. The second kappa shape index (κ2) is 12.9. The molecule has 4 heterocycles. The number of halogens is 1. The third-order valence-corrected chi connectivity index (χ3v) is 7.99. The van der Waals surface area contributed by atoms with E-state index in [1.807, 2.05) is 0 Å². The summed E-state index contributed by atoms with van der Waals surface area (Å²) in [6.07, 6.45) is 4.68. The number of pyridine rings is 1. The summed E-state index contributed by atoms with van der Waals surface area (Å²) < 4.78 is 17.8. The number of nitrogens with one attached hydrogen (secondary N) is 2. The number of methoxy groups -OCH3 is 2. The minimum absolute atomic E-state index is 0.122. The van der Waals surface area contributed by atoms with Gasteiger partial charge < -0.3 is 29.7 Å². The standard InChI is InChI=1S/C29H35ClN6O5/c1-4-25(37)33-20-5-7-35(8-6-20)9-10-36-27-19(15-32-29(34-27)31-14-18-16-41-17-18)11-23(28(36)38)22-12-21(39-2)13-24(40-3)26(22)30/h4,11-13,15,18,20H,1,5-10,14,16-17H2,2-3H3,(H,33,37)(H,31,32,34). The van der Waals surface area contributed by atoms with Gasteiger partial charge in [0.1, 0.15) is 17.1 Å². The van der Waals surface area contributed by atoms with E-state index in [2.05, 4.69) is 27.1 Å². The van der Waals surface area contributed by atoms with Crippen molar-refractivity contribution in [2.24, 2.45) is 5.92 Å². The largest absolute Gasteiger partial charge is 0.497 e. The summed E-state index contributed by atoms with van der Waals surface area (Å²) >= 11 is 6.70. The lowest BCUT2D eigenvalue weighted by Gasteiger charge is -2.32. The summed E-state index contributed by atoms with van der Waals surface area (Å²) in [7, 11) is 3.07. The van der Waals surface area contributed by atoms with Gasteiger partial charge in [0.25, 0.3) is 5.56 Å². The predicted octanol–water partition coefficient (Wildman–Crippen LogP) is 2.95. The molecular weight excluding hydrogens is 548 g/mol. The third kappa shape index (κ3) is 6.47. The number of amides is 1. The van der Waals surface area contributed by atoms with E-state index in [0.717, 1.165) is 25.9 Å². The van der Waals surface area contributed by atoms with Crippen LogP contribution in [0.15, 0.2) is 41.8 Å². The highest BCUT2D eigenvalue weighted by Crippen LogP contribution is 2.38. The van der Waals surface area contributed by atoms with E-state index in [4.69, 9.17) is 30.8 Å². The van der Waals surface area contributed by atoms with Crippen LogP contribution in [0.25, 0.3) is 22.2 Å². The Hall–Kier alpha value is -3.67. The summed E-state index contributed by atoms with van der Waals surface area (Å²) in [5.41, 5.74) is 1.23. The molecule has 2 aliphatic heterocycles. The Morgan fingerprint density at radius 2 is 1.95 bits per heavy atom. The van der Waals surface area contributed by atoms with E-state index in [0.29, 0.717) is 83.4 Å². The molecular formula is C29H35ClN6O5. The second-order valence-electron chi connectivity index (χ2n) is 10.3. The normalized spacial score (nSPS) is 16.3. The van der Waals surface area contributed by atoms with Crippen molar-refractivity contribution >= 4 is 34.5 Å². The van der Waals surface area contributed by atoms with Crippen LogP contribution in [-0.4, -0.2) is 85.0 Å². The fraction of sp³-hybridized carbons (Fsp3) is 0.448. The van der Waals surface area contributed by atoms with Gasteiger partial charge in [0, 0.05) is 73.5 Å². The van der Waals surface area contributed by atoms with Crippen molar-refractivity contribution in [2.75, 3.05) is 58.9 Å². The number of benzene rings is 1. The molecule has 2 aromatic heterocycles. The summed E-state index contributed by atoms with van der Waals surface area (Å²) in [6.45, 7) is 8.32. The molecule has 218 valence electrons. The summed E-state index contributed by atoms with van der Waals surface area (Å²) in [6, 6.07) is 5.31. The van der Waals surface area contributed by atoms with Crippen molar-refractivity contribution in [3.8, 4) is 22.6 Å². The first kappa shape index (κ1) is 28.8. The molecule has 11 nitrogen and oxygen atoms in total. The molecule has 0 aliphatic carbocycles. The molecule has 41 heavy (non-hydrogen) atoms. The van der Waals surface area contributed by atoms with Crippen LogP contribution in [0.2, 0.25) is 5.02 Å². The Labute approximate surface area is 243 Å². The van der Waals surface area contributed by atoms with Crippen molar-refractivity contribution in [1.29, 1.82) is 0 Å². The molecule has 2 aliphatic rings. The molecule has 2 N–H and O–H groups in total. The van der Waals surface area contributed by atoms with Gasteiger partial charge in [-0.3, -0.25) is 14.2 Å². The number of carbonyl (C=O) groups is 1. The number of ether oxygens (including phenoxy) is 3. The number of anilines is 1. The van der Waals surface area contributed by atoms with Crippen LogP contribution in [0, 0.1) is 5.92 Å². The van der Waals surface area contributed by atoms with Gasteiger partial charge in [0.2, 0.25) is 11.9 Å². The van der Waals surface area contributed by atoms with E-state index in [1.54, 1.807) is 36.1 Å². The molecule has 5 rings (SSSR count). The zero-order valence-electron chi connectivity index (χ0n) is 23.3. The van der Waals surface area contributed by atoms with Crippen molar-refractivity contribution in [2.45, 2.75) is 25.4 Å². The summed E-state index contributed by atoms with van der Waals surface area (Å²) in [4.78, 5) is 37.3. The zero-order chi connectivity index (χ0) is 28.9. The van der Waals surface area contributed by atoms with Crippen molar-refractivity contribution in [3.05, 3.63) is 52.4 Å². The monoisotopic (exact) mass is 582 g/mol. The summed E-state index contributed by atoms with van der Waals surface area (Å²) in [5.74, 6) is 1.66. The maximum atomic E-state index is 14.1. The second-order valence-corrected chi connectivity index (χ2v) is 10.7. The number of nitrogens with zero attached hydrogens (tertiary/aromatic N) is 4.